The lowest BCUT2D eigenvalue weighted by Crippen LogP contribution is -2.54. The van der Waals surface area contributed by atoms with Crippen LogP contribution in [0, 0.1) is 0 Å². The largest absolute Gasteiger partial charge is 0.493 e. The lowest BCUT2D eigenvalue weighted by atomic mass is 9.83. The van der Waals surface area contributed by atoms with Crippen LogP contribution in [0.25, 0.3) is 11.0 Å². The van der Waals surface area contributed by atoms with E-state index in [1.165, 1.54) is 11.0 Å². The lowest BCUT2D eigenvalue weighted by Gasteiger charge is -2.34. The normalized spacial score (nSPS) is 17.5. The summed E-state index contributed by atoms with van der Waals surface area (Å²) in [7, 11) is 3.11. The van der Waals surface area contributed by atoms with Crippen LogP contribution >= 0.6 is 11.6 Å². The van der Waals surface area contributed by atoms with Gasteiger partial charge in [0.2, 0.25) is 5.76 Å². The zero-order chi connectivity index (χ0) is 28.2. The van der Waals surface area contributed by atoms with E-state index >= 15 is 0 Å². The van der Waals surface area contributed by atoms with Crippen LogP contribution < -0.4 is 19.8 Å². The number of fused-ring (bicyclic) bond motifs is 5. The molecule has 1 atom stereocenters. The van der Waals surface area contributed by atoms with Crippen LogP contribution in [-0.2, 0) is 16.8 Å². The number of para-hydroxylation sites is 1. The van der Waals surface area contributed by atoms with Gasteiger partial charge in [-0.05, 0) is 48.4 Å². The molecule has 2 amide bonds. The Hall–Kier alpha value is -4.56. The molecule has 8 nitrogen and oxygen atoms in total. The van der Waals surface area contributed by atoms with Gasteiger partial charge < -0.3 is 23.7 Å². The number of rotatable bonds is 7. The number of carbonyl (C=O) groups is 2. The highest BCUT2D eigenvalue weighted by Crippen LogP contribution is 2.52. The van der Waals surface area contributed by atoms with Crippen LogP contribution in [0.3, 0.4) is 0 Å². The van der Waals surface area contributed by atoms with Crippen molar-refractivity contribution in [1.82, 2.24) is 4.90 Å². The van der Waals surface area contributed by atoms with E-state index in [0.717, 1.165) is 5.56 Å². The van der Waals surface area contributed by atoms with Gasteiger partial charge in [0.05, 0.1) is 30.9 Å². The van der Waals surface area contributed by atoms with Crippen molar-refractivity contribution >= 4 is 40.1 Å². The average molecular weight is 557 g/mol. The van der Waals surface area contributed by atoms with Gasteiger partial charge in [-0.2, -0.15) is 0 Å². The van der Waals surface area contributed by atoms with Crippen molar-refractivity contribution in [2.75, 3.05) is 32.2 Å². The molecule has 0 saturated heterocycles. The topological polar surface area (TPSA) is 89.3 Å². The predicted octanol–water partition coefficient (Wildman–Crippen LogP) is 4.94. The number of hydrogen-bond donors (Lipinski definition) is 0. The zero-order valence-electron chi connectivity index (χ0n) is 21.9. The first kappa shape index (κ1) is 25.7. The molecule has 9 heteroatoms. The van der Waals surface area contributed by atoms with Gasteiger partial charge in [-0.25, -0.2) is 0 Å². The molecule has 6 rings (SSSR count). The molecule has 2 aliphatic rings. The van der Waals surface area contributed by atoms with E-state index in [1.54, 1.807) is 61.6 Å². The molecule has 0 radical (unpaired) electrons. The first-order valence-electron chi connectivity index (χ1n) is 12.7. The minimum absolute atomic E-state index is 0.00332. The first-order valence-corrected chi connectivity index (χ1v) is 13.1. The summed E-state index contributed by atoms with van der Waals surface area (Å²) in [6.07, 6.45) is 1.99. The molecular formula is C31H25ClN2O6. The van der Waals surface area contributed by atoms with E-state index in [0.29, 0.717) is 34.2 Å². The van der Waals surface area contributed by atoms with E-state index in [4.69, 9.17) is 25.5 Å². The maximum absolute atomic E-state index is 14.5. The summed E-state index contributed by atoms with van der Waals surface area (Å²) in [5.41, 5.74) is 0.0480. The summed E-state index contributed by atoms with van der Waals surface area (Å²) in [5.74, 6) is 0.0307. The smallest absolute Gasteiger partial charge is 0.291 e. The Morgan fingerprint density at radius 1 is 1.00 bits per heavy atom. The fourth-order valence-corrected chi connectivity index (χ4v) is 6.02. The van der Waals surface area contributed by atoms with Gasteiger partial charge in [-0.15, -0.1) is 6.58 Å². The number of benzene rings is 3. The Kier molecular flexibility index (Phi) is 6.15. The summed E-state index contributed by atoms with van der Waals surface area (Å²) >= 11 is 6.22. The summed E-state index contributed by atoms with van der Waals surface area (Å²) in [6, 6.07) is 17.3. The molecule has 0 N–H and O–H groups in total. The maximum Gasteiger partial charge on any atom is 0.291 e. The van der Waals surface area contributed by atoms with Crippen LogP contribution in [0.4, 0.5) is 5.69 Å². The molecule has 1 aromatic heterocycles. The number of hydrogen-bond acceptors (Lipinski definition) is 6. The van der Waals surface area contributed by atoms with Crippen molar-refractivity contribution in [3.8, 4) is 11.5 Å². The van der Waals surface area contributed by atoms with Crippen molar-refractivity contribution in [3.05, 3.63) is 111 Å². The van der Waals surface area contributed by atoms with Crippen molar-refractivity contribution in [2.45, 2.75) is 12.0 Å². The Labute approximate surface area is 235 Å². The Morgan fingerprint density at radius 2 is 1.77 bits per heavy atom. The molecule has 0 aliphatic carbocycles. The second-order valence-electron chi connectivity index (χ2n) is 9.60. The van der Waals surface area contributed by atoms with Crippen molar-refractivity contribution in [1.29, 1.82) is 0 Å². The van der Waals surface area contributed by atoms with E-state index in [-0.39, 0.29) is 35.4 Å². The summed E-state index contributed by atoms with van der Waals surface area (Å²) in [4.78, 5) is 45.8. The van der Waals surface area contributed by atoms with E-state index < -0.39 is 22.8 Å². The van der Waals surface area contributed by atoms with Gasteiger partial charge in [-0.1, -0.05) is 41.9 Å². The number of ether oxygens (including phenoxy) is 2. The van der Waals surface area contributed by atoms with E-state index in [2.05, 4.69) is 6.58 Å². The minimum Gasteiger partial charge on any atom is -0.493 e. The van der Waals surface area contributed by atoms with Crippen LogP contribution in [-0.4, -0.2) is 44.0 Å². The molecular weight excluding hydrogens is 532 g/mol. The predicted molar refractivity (Wildman–Crippen MR) is 152 cm³/mol. The Balaban J connectivity index is 1.58. The fourth-order valence-electron chi connectivity index (χ4n) is 5.85. The third-order valence-corrected chi connectivity index (χ3v) is 7.82. The Bertz CT molecular complexity index is 1780. The monoisotopic (exact) mass is 556 g/mol. The molecule has 0 fully saturated rings. The molecule has 3 heterocycles. The molecule has 0 unspecified atom stereocenters. The van der Waals surface area contributed by atoms with Gasteiger partial charge in [0.1, 0.15) is 5.58 Å². The van der Waals surface area contributed by atoms with Crippen molar-refractivity contribution < 1.29 is 23.5 Å². The molecule has 0 bridgehead atoms. The molecule has 0 saturated carbocycles. The van der Waals surface area contributed by atoms with Gasteiger partial charge in [0, 0.05) is 23.7 Å². The molecule has 2 aliphatic heterocycles. The minimum atomic E-state index is -1.71. The van der Waals surface area contributed by atoms with Gasteiger partial charge in [0.15, 0.2) is 22.5 Å². The lowest BCUT2D eigenvalue weighted by molar-refractivity contribution is -0.125. The number of amides is 2. The maximum atomic E-state index is 14.5. The number of halogens is 1. The van der Waals surface area contributed by atoms with Gasteiger partial charge >= 0.3 is 0 Å². The highest BCUT2D eigenvalue weighted by molar-refractivity contribution is 6.31. The number of nitrogens with zero attached hydrogens (tertiary/aromatic N) is 2. The number of carbonyl (C=O) groups excluding carboxylic acids is 2. The van der Waals surface area contributed by atoms with Crippen molar-refractivity contribution in [2.24, 2.45) is 0 Å². The zero-order valence-corrected chi connectivity index (χ0v) is 22.7. The summed E-state index contributed by atoms with van der Waals surface area (Å²) < 4.78 is 16.9. The third-order valence-electron chi connectivity index (χ3n) is 7.58. The Morgan fingerprint density at radius 3 is 2.52 bits per heavy atom. The highest BCUT2D eigenvalue weighted by atomic mass is 35.5. The van der Waals surface area contributed by atoms with Crippen molar-refractivity contribution in [3.63, 3.8) is 0 Å². The quantitative estimate of drug-likeness (QED) is 0.300. The molecule has 40 heavy (non-hydrogen) atoms. The second-order valence-corrected chi connectivity index (χ2v) is 10.0. The number of methoxy groups -OCH3 is 2. The first-order chi connectivity index (χ1) is 19.4. The summed E-state index contributed by atoms with van der Waals surface area (Å²) in [6.45, 7) is 4.13. The third kappa shape index (κ3) is 3.49. The summed E-state index contributed by atoms with van der Waals surface area (Å²) in [5, 5.41) is 0.544. The van der Waals surface area contributed by atoms with Crippen LogP contribution in [0.15, 0.2) is 82.5 Å². The second kappa shape index (κ2) is 9.57. The van der Waals surface area contributed by atoms with Gasteiger partial charge in [0.25, 0.3) is 11.8 Å². The fraction of sp³-hybridized carbons (Fsp3) is 0.194. The molecule has 4 aromatic rings. The van der Waals surface area contributed by atoms with E-state index in [9.17, 15) is 14.4 Å². The highest BCUT2D eigenvalue weighted by Gasteiger charge is 2.64. The van der Waals surface area contributed by atoms with Gasteiger partial charge in [-0.3, -0.25) is 14.4 Å². The van der Waals surface area contributed by atoms with Crippen LogP contribution in [0.5, 0.6) is 11.5 Å². The molecule has 1 spiro atoms. The average Bonchev–Trinajstić information content (AvgIpc) is 3.36. The standard InChI is InChI=1S/C31H25ClN2O6/c1-4-14-33-22-8-6-5-7-21(22)31(30(33)37)26-27(35)20-17-19(32)10-12-23(20)40-28(26)29(36)34(31)15-13-18-9-11-24(38-2)25(16-18)39-3/h4-12,16-17H,1,13-15H2,2-3H3/t31-/m0/s1. The van der Waals surface area contributed by atoms with E-state index in [1.807, 2.05) is 18.2 Å². The SMILES string of the molecule is C=CCN1C(=O)[C@]2(c3ccccc31)c1c(oc3ccc(Cl)cc3c1=O)C(=O)N2CCc1ccc(OC)c(OC)c1. The molecule has 202 valence electrons. The van der Waals surface area contributed by atoms with Crippen LogP contribution in [0.2, 0.25) is 5.02 Å². The number of anilines is 1. The van der Waals surface area contributed by atoms with Crippen LogP contribution in [0.1, 0.15) is 27.2 Å². The molecule has 3 aromatic carbocycles.